The number of amides is 1. The molecule has 31 heavy (non-hydrogen) atoms. The van der Waals surface area contributed by atoms with E-state index in [4.69, 9.17) is 4.74 Å². The Labute approximate surface area is 181 Å². The zero-order valence-corrected chi connectivity index (χ0v) is 18.0. The molecule has 0 radical (unpaired) electrons. The molecule has 2 atom stereocenters. The van der Waals surface area contributed by atoms with Crippen molar-refractivity contribution in [1.82, 2.24) is 10.3 Å². The molecule has 0 unspecified atom stereocenters. The predicted octanol–water partition coefficient (Wildman–Crippen LogP) is 4.50. The number of nitrogens with zero attached hydrogens (tertiary/aromatic N) is 2. The molecule has 1 N–H and O–H groups in total. The molecule has 1 heterocycles. The number of hydrogen-bond acceptors (Lipinski definition) is 5. The van der Waals surface area contributed by atoms with Gasteiger partial charge in [-0.25, -0.2) is 9.78 Å². The fraction of sp³-hybridized carbons (Fsp3) is 0.280. The molecule has 158 valence electrons. The van der Waals surface area contributed by atoms with Gasteiger partial charge < -0.3 is 10.1 Å². The molecule has 3 rings (SSSR count). The molecule has 0 saturated heterocycles. The van der Waals surface area contributed by atoms with Crippen LogP contribution in [-0.4, -0.2) is 28.5 Å². The number of nitrogens with one attached hydrogen (secondary N) is 1. The number of carbonyl (C=O) groups excluding carboxylic acids is 2. The Bertz CT molecular complexity index is 1150. The minimum absolute atomic E-state index is 0.109. The van der Waals surface area contributed by atoms with Gasteiger partial charge in [-0.05, 0) is 31.9 Å². The van der Waals surface area contributed by atoms with Crippen molar-refractivity contribution in [3.63, 3.8) is 0 Å². The second-order valence-corrected chi connectivity index (χ2v) is 7.94. The van der Waals surface area contributed by atoms with Crippen LogP contribution in [0.15, 0.2) is 60.7 Å². The van der Waals surface area contributed by atoms with Crippen LogP contribution in [0.3, 0.4) is 0 Å². The van der Waals surface area contributed by atoms with E-state index in [9.17, 15) is 14.9 Å². The van der Waals surface area contributed by atoms with Crippen LogP contribution in [0, 0.1) is 17.2 Å². The molecule has 2 aromatic carbocycles. The van der Waals surface area contributed by atoms with Crippen LogP contribution in [0.25, 0.3) is 22.2 Å². The van der Waals surface area contributed by atoms with Crippen molar-refractivity contribution in [3.05, 3.63) is 66.2 Å². The van der Waals surface area contributed by atoms with Gasteiger partial charge in [0.1, 0.15) is 5.54 Å². The lowest BCUT2D eigenvalue weighted by Gasteiger charge is -2.28. The third kappa shape index (κ3) is 4.72. The minimum atomic E-state index is -1.06. The summed E-state index contributed by atoms with van der Waals surface area (Å²) in [5.41, 5.74) is 1.44. The van der Waals surface area contributed by atoms with E-state index >= 15 is 0 Å². The first kappa shape index (κ1) is 22.0. The number of nitriles is 1. The Kier molecular flexibility index (Phi) is 6.36. The second-order valence-electron chi connectivity index (χ2n) is 7.94. The highest BCUT2D eigenvalue weighted by Crippen LogP contribution is 2.25. The van der Waals surface area contributed by atoms with E-state index in [1.807, 2.05) is 62.4 Å². The Hall–Kier alpha value is -3.72. The zero-order valence-electron chi connectivity index (χ0n) is 18.0. The van der Waals surface area contributed by atoms with Gasteiger partial charge in [0.2, 0.25) is 0 Å². The summed E-state index contributed by atoms with van der Waals surface area (Å²) in [6, 6.07) is 20.6. The predicted molar refractivity (Wildman–Crippen MR) is 119 cm³/mol. The summed E-state index contributed by atoms with van der Waals surface area (Å²) in [4.78, 5) is 30.3. The van der Waals surface area contributed by atoms with E-state index in [0.717, 1.165) is 5.56 Å². The number of aromatic nitrogens is 1. The number of fused-ring (bicyclic) bond motifs is 1. The molecule has 6 heteroatoms. The van der Waals surface area contributed by atoms with E-state index < -0.39 is 23.5 Å². The van der Waals surface area contributed by atoms with E-state index in [0.29, 0.717) is 22.2 Å². The fourth-order valence-electron chi connectivity index (χ4n) is 3.04. The first-order chi connectivity index (χ1) is 14.7. The van der Waals surface area contributed by atoms with E-state index in [1.54, 1.807) is 19.1 Å². The molecule has 6 nitrogen and oxygen atoms in total. The lowest BCUT2D eigenvalue weighted by Crippen LogP contribution is -2.52. The van der Waals surface area contributed by atoms with Gasteiger partial charge in [0.15, 0.2) is 6.10 Å². The Morgan fingerprint density at radius 2 is 1.71 bits per heavy atom. The number of carbonyl (C=O) groups is 2. The van der Waals surface area contributed by atoms with E-state index in [-0.39, 0.29) is 5.92 Å². The maximum absolute atomic E-state index is 13.0. The first-order valence-corrected chi connectivity index (χ1v) is 10.1. The Morgan fingerprint density at radius 1 is 1.06 bits per heavy atom. The van der Waals surface area contributed by atoms with Gasteiger partial charge in [-0.3, -0.25) is 4.79 Å². The minimum Gasteiger partial charge on any atom is -0.449 e. The SMILES string of the molecule is CC(C)[C@@](C)(C#N)NC(=O)[C@H](C)OC(=O)c1cc(-c2ccccc2)nc2ccccc12. The van der Waals surface area contributed by atoms with Crippen LogP contribution in [0.2, 0.25) is 0 Å². The van der Waals surface area contributed by atoms with E-state index in [1.165, 1.54) is 6.92 Å². The summed E-state index contributed by atoms with van der Waals surface area (Å²) < 4.78 is 5.48. The van der Waals surface area contributed by atoms with Crippen molar-refractivity contribution >= 4 is 22.8 Å². The molecule has 0 aliphatic rings. The number of rotatable bonds is 6. The van der Waals surface area contributed by atoms with Crippen LogP contribution in [0.1, 0.15) is 38.1 Å². The third-order valence-electron chi connectivity index (χ3n) is 5.43. The standard InChI is InChI=1S/C25H25N3O3/c1-16(2)25(4,15-26)28-23(29)17(3)31-24(30)20-14-22(18-10-6-5-7-11-18)27-21-13-9-8-12-19(20)21/h5-14,16-17H,1-4H3,(H,28,29)/t17-,25+/m0/s1. The third-order valence-corrected chi connectivity index (χ3v) is 5.43. The van der Waals surface area contributed by atoms with Gasteiger partial charge in [-0.15, -0.1) is 0 Å². The Morgan fingerprint density at radius 3 is 2.35 bits per heavy atom. The molecule has 0 bridgehead atoms. The summed E-state index contributed by atoms with van der Waals surface area (Å²) in [6.07, 6.45) is -1.06. The molecule has 0 spiro atoms. The maximum atomic E-state index is 13.0. The smallest absolute Gasteiger partial charge is 0.339 e. The average Bonchev–Trinajstić information content (AvgIpc) is 2.78. The largest absolute Gasteiger partial charge is 0.449 e. The summed E-state index contributed by atoms with van der Waals surface area (Å²) in [5.74, 6) is -1.25. The molecular weight excluding hydrogens is 390 g/mol. The molecular formula is C25H25N3O3. The Balaban J connectivity index is 1.90. The van der Waals surface area contributed by atoms with Crippen LogP contribution in [0.4, 0.5) is 0 Å². The number of ether oxygens (including phenoxy) is 1. The molecule has 1 amide bonds. The molecule has 0 saturated carbocycles. The highest BCUT2D eigenvalue weighted by molar-refractivity contribution is 6.05. The summed E-state index contributed by atoms with van der Waals surface area (Å²) in [5, 5.41) is 12.8. The van der Waals surface area contributed by atoms with Crippen molar-refractivity contribution in [2.75, 3.05) is 0 Å². The van der Waals surface area contributed by atoms with Crippen molar-refractivity contribution < 1.29 is 14.3 Å². The van der Waals surface area contributed by atoms with Crippen molar-refractivity contribution in [2.45, 2.75) is 39.3 Å². The van der Waals surface area contributed by atoms with Gasteiger partial charge in [0.05, 0.1) is 22.8 Å². The van der Waals surface area contributed by atoms with Crippen molar-refractivity contribution in [1.29, 1.82) is 5.26 Å². The van der Waals surface area contributed by atoms with Gasteiger partial charge >= 0.3 is 5.97 Å². The normalized spacial score (nSPS) is 13.8. The molecule has 0 fully saturated rings. The summed E-state index contributed by atoms with van der Waals surface area (Å²) >= 11 is 0. The summed E-state index contributed by atoms with van der Waals surface area (Å²) in [7, 11) is 0. The average molecular weight is 415 g/mol. The number of esters is 1. The van der Waals surface area contributed by atoms with Crippen LogP contribution >= 0.6 is 0 Å². The summed E-state index contributed by atoms with van der Waals surface area (Å²) in [6.45, 7) is 6.82. The zero-order chi connectivity index (χ0) is 22.6. The quantitative estimate of drug-likeness (QED) is 0.599. The van der Waals surface area contributed by atoms with Crippen LogP contribution in [0.5, 0.6) is 0 Å². The highest BCUT2D eigenvalue weighted by Gasteiger charge is 2.33. The van der Waals surface area contributed by atoms with Gasteiger partial charge in [-0.1, -0.05) is 62.4 Å². The first-order valence-electron chi connectivity index (χ1n) is 10.1. The lowest BCUT2D eigenvalue weighted by atomic mass is 9.90. The topological polar surface area (TPSA) is 92.1 Å². The van der Waals surface area contributed by atoms with Gasteiger partial charge in [-0.2, -0.15) is 5.26 Å². The molecule has 0 aliphatic heterocycles. The van der Waals surface area contributed by atoms with Crippen molar-refractivity contribution in [2.24, 2.45) is 5.92 Å². The van der Waals surface area contributed by atoms with Gasteiger partial charge in [0.25, 0.3) is 5.91 Å². The number of benzene rings is 2. The monoisotopic (exact) mass is 415 g/mol. The molecule has 0 aliphatic carbocycles. The van der Waals surface area contributed by atoms with E-state index in [2.05, 4.69) is 16.4 Å². The number of hydrogen-bond donors (Lipinski definition) is 1. The number of para-hydroxylation sites is 1. The van der Waals surface area contributed by atoms with Crippen LogP contribution < -0.4 is 5.32 Å². The molecule has 1 aromatic heterocycles. The van der Waals surface area contributed by atoms with Crippen LogP contribution in [-0.2, 0) is 9.53 Å². The second kappa shape index (κ2) is 8.97. The number of pyridine rings is 1. The fourth-order valence-corrected chi connectivity index (χ4v) is 3.04. The lowest BCUT2D eigenvalue weighted by molar-refractivity contribution is -0.130. The maximum Gasteiger partial charge on any atom is 0.339 e. The van der Waals surface area contributed by atoms with Gasteiger partial charge in [0, 0.05) is 10.9 Å². The molecule has 3 aromatic rings. The van der Waals surface area contributed by atoms with Crippen molar-refractivity contribution in [3.8, 4) is 17.3 Å². The highest BCUT2D eigenvalue weighted by atomic mass is 16.5.